The molecule has 0 aromatic carbocycles. The Balaban J connectivity index is 1.98. The molecule has 14 heavy (non-hydrogen) atoms. The van der Waals surface area contributed by atoms with Crippen LogP contribution in [0.3, 0.4) is 0 Å². The van der Waals surface area contributed by atoms with E-state index in [4.69, 9.17) is 5.11 Å². The van der Waals surface area contributed by atoms with Gasteiger partial charge in [0.25, 0.3) is 0 Å². The third-order valence-electron chi connectivity index (χ3n) is 3.00. The first-order valence-electron chi connectivity index (χ1n) is 5.90. The molecule has 1 saturated heterocycles. The topological polar surface area (TPSA) is 35.5 Å². The summed E-state index contributed by atoms with van der Waals surface area (Å²) >= 11 is 0. The minimum absolute atomic E-state index is 0.377. The molecule has 1 fully saturated rings. The van der Waals surface area contributed by atoms with E-state index in [0.717, 1.165) is 19.6 Å². The molecular weight excluding hydrogens is 176 g/mol. The Morgan fingerprint density at radius 2 is 2.00 bits per heavy atom. The van der Waals surface area contributed by atoms with Crippen LogP contribution in [0.25, 0.3) is 0 Å². The highest BCUT2D eigenvalue weighted by Crippen LogP contribution is 2.15. The van der Waals surface area contributed by atoms with Gasteiger partial charge in [-0.25, -0.2) is 0 Å². The number of aliphatic hydroxyl groups is 1. The Morgan fingerprint density at radius 3 is 2.57 bits per heavy atom. The van der Waals surface area contributed by atoms with E-state index < -0.39 is 0 Å². The molecule has 1 heterocycles. The third-order valence-corrected chi connectivity index (χ3v) is 3.00. The zero-order chi connectivity index (χ0) is 10.2. The predicted molar refractivity (Wildman–Crippen MR) is 59.4 cm³/mol. The Labute approximate surface area is 87.5 Å². The van der Waals surface area contributed by atoms with Crippen LogP contribution in [0, 0.1) is 5.92 Å². The first-order chi connectivity index (χ1) is 6.86. The average Bonchev–Trinajstić information content (AvgIpc) is 2.25. The fraction of sp³-hybridized carbons (Fsp3) is 1.00. The molecule has 0 amide bonds. The number of nitrogens with zero attached hydrogens (tertiary/aromatic N) is 1. The van der Waals surface area contributed by atoms with Crippen molar-refractivity contribution in [2.75, 3.05) is 39.3 Å². The molecule has 1 aliphatic heterocycles. The minimum Gasteiger partial charge on any atom is -0.396 e. The highest BCUT2D eigenvalue weighted by molar-refractivity contribution is 4.71. The van der Waals surface area contributed by atoms with E-state index in [1.807, 2.05) is 0 Å². The van der Waals surface area contributed by atoms with Crippen molar-refractivity contribution >= 4 is 0 Å². The van der Waals surface area contributed by atoms with Gasteiger partial charge in [-0.2, -0.15) is 0 Å². The van der Waals surface area contributed by atoms with Crippen LogP contribution >= 0.6 is 0 Å². The van der Waals surface area contributed by atoms with Crippen LogP contribution in [0.15, 0.2) is 0 Å². The zero-order valence-electron chi connectivity index (χ0n) is 9.34. The van der Waals surface area contributed by atoms with Gasteiger partial charge in [-0.05, 0) is 44.8 Å². The summed E-state index contributed by atoms with van der Waals surface area (Å²) in [6.07, 6.45) is 3.56. The number of rotatable bonds is 6. The van der Waals surface area contributed by atoms with Gasteiger partial charge in [0.2, 0.25) is 0 Å². The summed E-state index contributed by atoms with van der Waals surface area (Å²) < 4.78 is 0. The predicted octanol–water partition coefficient (Wildman–Crippen LogP) is 0.690. The number of piperidine rings is 1. The van der Waals surface area contributed by atoms with Crippen LogP contribution in [0.2, 0.25) is 0 Å². The lowest BCUT2D eigenvalue weighted by Gasteiger charge is -2.30. The number of likely N-dealkylation sites (tertiary alicyclic amines) is 1. The first-order valence-corrected chi connectivity index (χ1v) is 5.90. The third kappa shape index (κ3) is 4.40. The van der Waals surface area contributed by atoms with Gasteiger partial charge in [0.05, 0.1) is 0 Å². The van der Waals surface area contributed by atoms with Crippen LogP contribution in [0.4, 0.5) is 0 Å². The number of nitrogens with one attached hydrogen (secondary N) is 1. The molecular formula is C11H24N2O. The smallest absolute Gasteiger partial charge is 0.0460 e. The van der Waals surface area contributed by atoms with Gasteiger partial charge in [-0.3, -0.25) is 0 Å². The summed E-state index contributed by atoms with van der Waals surface area (Å²) in [5, 5.41) is 12.4. The summed E-state index contributed by atoms with van der Waals surface area (Å²) in [4.78, 5) is 2.49. The molecule has 3 heteroatoms. The maximum atomic E-state index is 8.99. The van der Waals surface area contributed by atoms with Crippen molar-refractivity contribution < 1.29 is 5.11 Å². The Morgan fingerprint density at radius 1 is 1.29 bits per heavy atom. The Kier molecular flexibility index (Phi) is 6.15. The molecule has 0 aliphatic carbocycles. The van der Waals surface area contributed by atoms with E-state index in [2.05, 4.69) is 17.1 Å². The fourth-order valence-electron chi connectivity index (χ4n) is 1.93. The van der Waals surface area contributed by atoms with Gasteiger partial charge in [-0.15, -0.1) is 0 Å². The Bertz CT molecular complexity index is 133. The minimum atomic E-state index is 0.377. The largest absolute Gasteiger partial charge is 0.396 e. The molecule has 1 aliphatic rings. The van der Waals surface area contributed by atoms with Crippen LogP contribution < -0.4 is 5.32 Å². The molecule has 3 nitrogen and oxygen atoms in total. The van der Waals surface area contributed by atoms with E-state index in [1.54, 1.807) is 0 Å². The summed E-state index contributed by atoms with van der Waals surface area (Å²) in [5.41, 5.74) is 0. The normalized spacial score (nSPS) is 20.1. The molecule has 0 aromatic rings. The van der Waals surface area contributed by atoms with Gasteiger partial charge in [0, 0.05) is 19.7 Å². The molecule has 0 spiro atoms. The summed E-state index contributed by atoms with van der Waals surface area (Å²) in [6.45, 7) is 8.31. The Hall–Kier alpha value is -0.120. The quantitative estimate of drug-likeness (QED) is 0.619. The number of hydrogen-bond acceptors (Lipinski definition) is 3. The van der Waals surface area contributed by atoms with Gasteiger partial charge in [-0.1, -0.05) is 6.92 Å². The molecule has 0 bridgehead atoms. The van der Waals surface area contributed by atoms with Gasteiger partial charge in [0.1, 0.15) is 0 Å². The average molecular weight is 200 g/mol. The fourth-order valence-corrected chi connectivity index (χ4v) is 1.93. The van der Waals surface area contributed by atoms with E-state index in [-0.39, 0.29) is 0 Å². The molecule has 0 saturated carbocycles. The van der Waals surface area contributed by atoms with E-state index >= 15 is 0 Å². The molecule has 0 aromatic heterocycles. The second-order valence-electron chi connectivity index (χ2n) is 4.22. The van der Waals surface area contributed by atoms with Crippen LogP contribution in [0.5, 0.6) is 0 Å². The van der Waals surface area contributed by atoms with Gasteiger partial charge in [0.15, 0.2) is 0 Å². The van der Waals surface area contributed by atoms with E-state index in [9.17, 15) is 0 Å². The molecule has 1 rings (SSSR count). The van der Waals surface area contributed by atoms with Crippen molar-refractivity contribution in [2.24, 2.45) is 5.92 Å². The van der Waals surface area contributed by atoms with Gasteiger partial charge >= 0.3 is 0 Å². The standard InChI is InChI=1S/C11H24N2O/c1-2-5-12-6-9-13-7-3-11(10-14)4-8-13/h11-12,14H,2-10H2,1H3. The van der Waals surface area contributed by atoms with Crippen LogP contribution in [-0.4, -0.2) is 49.3 Å². The SMILES string of the molecule is CCCNCCN1CCC(CO)CC1. The first kappa shape index (κ1) is 12.0. The van der Waals surface area contributed by atoms with Crippen molar-refractivity contribution in [3.63, 3.8) is 0 Å². The molecule has 0 radical (unpaired) electrons. The van der Waals surface area contributed by atoms with Crippen molar-refractivity contribution in [1.29, 1.82) is 0 Å². The van der Waals surface area contributed by atoms with Crippen LogP contribution in [0.1, 0.15) is 26.2 Å². The summed E-state index contributed by atoms with van der Waals surface area (Å²) in [6, 6.07) is 0. The summed E-state index contributed by atoms with van der Waals surface area (Å²) in [5.74, 6) is 0.565. The van der Waals surface area contributed by atoms with E-state index in [0.29, 0.717) is 12.5 Å². The van der Waals surface area contributed by atoms with Crippen molar-refractivity contribution in [3.05, 3.63) is 0 Å². The lowest BCUT2D eigenvalue weighted by molar-refractivity contribution is 0.132. The van der Waals surface area contributed by atoms with E-state index in [1.165, 1.54) is 32.4 Å². The molecule has 2 N–H and O–H groups in total. The maximum absolute atomic E-state index is 8.99. The van der Waals surface area contributed by atoms with Crippen molar-refractivity contribution in [2.45, 2.75) is 26.2 Å². The molecule has 84 valence electrons. The number of hydrogen-bond donors (Lipinski definition) is 2. The zero-order valence-corrected chi connectivity index (χ0v) is 9.34. The molecule has 0 unspecified atom stereocenters. The lowest BCUT2D eigenvalue weighted by atomic mass is 9.98. The second-order valence-corrected chi connectivity index (χ2v) is 4.22. The van der Waals surface area contributed by atoms with Crippen molar-refractivity contribution in [3.8, 4) is 0 Å². The second kappa shape index (κ2) is 7.21. The lowest BCUT2D eigenvalue weighted by Crippen LogP contribution is -2.39. The highest BCUT2D eigenvalue weighted by Gasteiger charge is 2.17. The van der Waals surface area contributed by atoms with Gasteiger partial charge < -0.3 is 15.3 Å². The molecule has 0 atom stereocenters. The number of aliphatic hydroxyl groups excluding tert-OH is 1. The monoisotopic (exact) mass is 200 g/mol. The highest BCUT2D eigenvalue weighted by atomic mass is 16.3. The van der Waals surface area contributed by atoms with Crippen molar-refractivity contribution in [1.82, 2.24) is 10.2 Å². The van der Waals surface area contributed by atoms with Crippen LogP contribution in [-0.2, 0) is 0 Å². The maximum Gasteiger partial charge on any atom is 0.0460 e. The summed E-state index contributed by atoms with van der Waals surface area (Å²) in [7, 11) is 0.